The van der Waals surface area contributed by atoms with Crippen molar-refractivity contribution in [1.82, 2.24) is 0 Å². The summed E-state index contributed by atoms with van der Waals surface area (Å²) < 4.78 is 0. The zero-order valence-electron chi connectivity index (χ0n) is 16.7. The smallest absolute Gasteiger partial charge is 0.303 e. The van der Waals surface area contributed by atoms with Crippen molar-refractivity contribution in [2.75, 3.05) is 0 Å². The summed E-state index contributed by atoms with van der Waals surface area (Å²) in [5.41, 5.74) is 0. The maximum Gasteiger partial charge on any atom is 0.303 e. The van der Waals surface area contributed by atoms with E-state index in [9.17, 15) is 9.59 Å². The third-order valence-corrected chi connectivity index (χ3v) is 4.91. The first-order chi connectivity index (χ1) is 12.2. The Bertz CT molecular complexity index is 312. The van der Waals surface area contributed by atoms with Gasteiger partial charge in [0.05, 0.1) is 0 Å². The van der Waals surface area contributed by atoms with Crippen LogP contribution >= 0.6 is 0 Å². The lowest BCUT2D eigenvalue weighted by Gasteiger charge is -2.03. The number of carboxylic acids is 1. The summed E-state index contributed by atoms with van der Waals surface area (Å²) in [6.07, 6.45) is 21.3. The first-order valence-electron chi connectivity index (χ1n) is 10.9. The number of Topliss-reactive ketones (excluding diaryl/α,β-unsaturated/α-hetero) is 1. The first-order valence-corrected chi connectivity index (χ1v) is 10.9. The highest BCUT2D eigenvalue weighted by molar-refractivity contribution is 5.78. The van der Waals surface area contributed by atoms with Crippen molar-refractivity contribution in [1.29, 1.82) is 0 Å². The predicted octanol–water partition coefficient (Wildman–Crippen LogP) is 7.07. The number of ketones is 1. The van der Waals surface area contributed by atoms with E-state index in [0.29, 0.717) is 18.6 Å². The predicted molar refractivity (Wildman–Crippen MR) is 106 cm³/mol. The molecule has 0 radical (unpaired) electrons. The third-order valence-electron chi connectivity index (χ3n) is 4.91. The first kappa shape index (κ1) is 24.1. The number of carbonyl (C=O) groups excluding carboxylic acids is 1. The second kappa shape index (κ2) is 19.5. The van der Waals surface area contributed by atoms with E-state index in [1.165, 1.54) is 77.0 Å². The van der Waals surface area contributed by atoms with Crippen molar-refractivity contribution in [3.8, 4) is 0 Å². The zero-order chi connectivity index (χ0) is 18.6. The van der Waals surface area contributed by atoms with Crippen molar-refractivity contribution in [3.05, 3.63) is 0 Å². The second-order valence-electron chi connectivity index (χ2n) is 7.49. The average molecular weight is 355 g/mol. The van der Waals surface area contributed by atoms with Crippen LogP contribution in [0.3, 0.4) is 0 Å². The van der Waals surface area contributed by atoms with Crippen molar-refractivity contribution in [3.63, 3.8) is 0 Å². The van der Waals surface area contributed by atoms with Crippen LogP contribution in [-0.2, 0) is 9.59 Å². The average Bonchev–Trinajstić information content (AvgIpc) is 2.58. The normalized spacial score (nSPS) is 10.9. The van der Waals surface area contributed by atoms with Crippen LogP contribution in [0, 0.1) is 0 Å². The molecule has 0 unspecified atom stereocenters. The van der Waals surface area contributed by atoms with Crippen LogP contribution in [0.5, 0.6) is 0 Å². The van der Waals surface area contributed by atoms with Gasteiger partial charge in [0.1, 0.15) is 5.78 Å². The Hall–Kier alpha value is -0.860. The second-order valence-corrected chi connectivity index (χ2v) is 7.49. The Kier molecular flexibility index (Phi) is 18.8. The molecule has 0 saturated heterocycles. The van der Waals surface area contributed by atoms with Crippen molar-refractivity contribution in [2.24, 2.45) is 0 Å². The lowest BCUT2D eigenvalue weighted by molar-refractivity contribution is -0.137. The highest BCUT2D eigenvalue weighted by atomic mass is 16.4. The van der Waals surface area contributed by atoms with E-state index in [0.717, 1.165) is 25.7 Å². The Morgan fingerprint density at radius 3 is 1.24 bits per heavy atom. The molecule has 3 heteroatoms. The number of aliphatic carboxylic acids is 1. The quantitative estimate of drug-likeness (QED) is 0.238. The van der Waals surface area contributed by atoms with E-state index in [1.807, 2.05) is 0 Å². The minimum absolute atomic E-state index is 0.229. The number of carbonyl (C=O) groups is 2. The van der Waals surface area contributed by atoms with Crippen molar-refractivity contribution >= 4 is 11.8 Å². The van der Waals surface area contributed by atoms with Crippen molar-refractivity contribution in [2.45, 2.75) is 129 Å². The van der Waals surface area contributed by atoms with Crippen molar-refractivity contribution < 1.29 is 14.7 Å². The van der Waals surface area contributed by atoms with Crippen LogP contribution in [0.4, 0.5) is 0 Å². The molecule has 0 atom stereocenters. The van der Waals surface area contributed by atoms with Crippen LogP contribution in [-0.4, -0.2) is 16.9 Å². The summed E-state index contributed by atoms with van der Waals surface area (Å²) >= 11 is 0. The zero-order valence-corrected chi connectivity index (χ0v) is 16.7. The molecule has 0 rings (SSSR count). The van der Waals surface area contributed by atoms with Crippen LogP contribution < -0.4 is 0 Å². The molecule has 0 aliphatic rings. The topological polar surface area (TPSA) is 54.4 Å². The molecule has 0 fully saturated rings. The fourth-order valence-electron chi connectivity index (χ4n) is 3.24. The van der Waals surface area contributed by atoms with Crippen LogP contribution in [0.15, 0.2) is 0 Å². The summed E-state index contributed by atoms with van der Waals surface area (Å²) in [5, 5.41) is 8.54. The lowest BCUT2D eigenvalue weighted by atomic mass is 10.0. The molecular weight excluding hydrogens is 312 g/mol. The SMILES string of the molecule is CCCCCCCCCCCCCCCC(=O)CCCCCC(=O)O. The highest BCUT2D eigenvalue weighted by Crippen LogP contribution is 2.13. The van der Waals surface area contributed by atoms with Crippen LogP contribution in [0.1, 0.15) is 129 Å². The fraction of sp³-hybridized carbons (Fsp3) is 0.909. The molecule has 0 saturated carbocycles. The Labute approximate surface area is 156 Å². The molecule has 0 heterocycles. The number of rotatable bonds is 20. The number of carboxylic acid groups (broad SMARTS) is 1. The van der Waals surface area contributed by atoms with Gasteiger partial charge in [-0.25, -0.2) is 0 Å². The molecule has 0 amide bonds. The fourth-order valence-corrected chi connectivity index (χ4v) is 3.24. The summed E-state index contributed by atoms with van der Waals surface area (Å²) in [4.78, 5) is 22.1. The Morgan fingerprint density at radius 1 is 0.520 bits per heavy atom. The Balaban J connectivity index is 3.14. The van der Waals surface area contributed by atoms with Gasteiger partial charge in [-0.1, -0.05) is 90.4 Å². The van der Waals surface area contributed by atoms with Gasteiger partial charge in [0, 0.05) is 19.3 Å². The minimum atomic E-state index is -0.738. The maximum atomic E-state index is 11.7. The molecule has 0 aliphatic carbocycles. The molecule has 0 aromatic heterocycles. The molecule has 0 aliphatic heterocycles. The summed E-state index contributed by atoms with van der Waals surface area (Å²) in [5.74, 6) is -0.378. The molecular formula is C22H42O3. The monoisotopic (exact) mass is 354 g/mol. The molecule has 0 spiro atoms. The van der Waals surface area contributed by atoms with Crippen LogP contribution in [0.2, 0.25) is 0 Å². The van der Waals surface area contributed by atoms with Gasteiger partial charge in [-0.2, -0.15) is 0 Å². The minimum Gasteiger partial charge on any atom is -0.481 e. The van der Waals surface area contributed by atoms with E-state index in [4.69, 9.17) is 5.11 Å². The van der Waals surface area contributed by atoms with Gasteiger partial charge >= 0.3 is 5.97 Å². The molecule has 0 aromatic carbocycles. The third kappa shape index (κ3) is 21.1. The van der Waals surface area contributed by atoms with E-state index in [-0.39, 0.29) is 6.42 Å². The van der Waals surface area contributed by atoms with Crippen LogP contribution in [0.25, 0.3) is 0 Å². The van der Waals surface area contributed by atoms with Gasteiger partial charge < -0.3 is 5.11 Å². The van der Waals surface area contributed by atoms with E-state index >= 15 is 0 Å². The van der Waals surface area contributed by atoms with Gasteiger partial charge in [-0.3, -0.25) is 9.59 Å². The molecule has 3 nitrogen and oxygen atoms in total. The summed E-state index contributed by atoms with van der Waals surface area (Å²) in [7, 11) is 0. The van der Waals surface area contributed by atoms with E-state index in [2.05, 4.69) is 6.92 Å². The number of hydrogen-bond donors (Lipinski definition) is 1. The molecule has 0 aromatic rings. The summed E-state index contributed by atoms with van der Waals surface area (Å²) in [6, 6.07) is 0. The molecule has 0 bridgehead atoms. The van der Waals surface area contributed by atoms with Gasteiger partial charge in [-0.15, -0.1) is 0 Å². The standard InChI is InChI=1S/C22H42O3/c1-2-3-4-5-6-7-8-9-10-11-12-13-15-18-21(23)19-16-14-17-20-22(24)25/h2-20H2,1H3,(H,24,25). The van der Waals surface area contributed by atoms with Gasteiger partial charge in [0.2, 0.25) is 0 Å². The van der Waals surface area contributed by atoms with Gasteiger partial charge in [0.25, 0.3) is 0 Å². The van der Waals surface area contributed by atoms with Gasteiger partial charge in [0.15, 0.2) is 0 Å². The largest absolute Gasteiger partial charge is 0.481 e. The lowest BCUT2D eigenvalue weighted by Crippen LogP contribution is -1.98. The summed E-state index contributed by atoms with van der Waals surface area (Å²) in [6.45, 7) is 2.26. The number of hydrogen-bond acceptors (Lipinski definition) is 2. The van der Waals surface area contributed by atoms with E-state index < -0.39 is 5.97 Å². The highest BCUT2D eigenvalue weighted by Gasteiger charge is 2.03. The van der Waals surface area contributed by atoms with Gasteiger partial charge in [-0.05, 0) is 19.3 Å². The molecule has 25 heavy (non-hydrogen) atoms. The van der Waals surface area contributed by atoms with E-state index in [1.54, 1.807) is 0 Å². The molecule has 148 valence electrons. The number of unbranched alkanes of at least 4 members (excludes halogenated alkanes) is 14. The maximum absolute atomic E-state index is 11.7. The molecule has 1 N–H and O–H groups in total. The Morgan fingerprint density at radius 2 is 0.840 bits per heavy atom.